The number of hydrogen-bond acceptors (Lipinski definition) is 8. The van der Waals surface area contributed by atoms with E-state index in [-0.39, 0.29) is 32.2 Å². The Morgan fingerprint density at radius 1 is 0.439 bits per heavy atom. The molecule has 0 fully saturated rings. The van der Waals surface area contributed by atoms with Gasteiger partial charge in [0.15, 0.2) is 12.4 Å². The predicted octanol–water partition coefficient (Wildman–Crippen LogP) is 14.8. The average molecular weight is 936 g/mol. The summed E-state index contributed by atoms with van der Waals surface area (Å²) in [6.07, 6.45) is 52.5. The van der Waals surface area contributed by atoms with E-state index in [2.05, 4.69) is 26.0 Å². The SMILES string of the molecule is CCCCCCCCC/C=C\CCCCCCCCCC(=O)OC(COC(=O)CCCCCCCCCCCCCCCCCCCCCCCCC)COC(OCC[N+](C)(C)C)C(=O)[O-]. The summed E-state index contributed by atoms with van der Waals surface area (Å²) in [6.45, 7) is 4.79. The van der Waals surface area contributed by atoms with Gasteiger partial charge in [-0.15, -0.1) is 0 Å². The number of unbranched alkanes of at least 4 members (excludes halogenated alkanes) is 36. The number of carboxylic acid groups (broad SMARTS) is 1. The van der Waals surface area contributed by atoms with E-state index in [1.54, 1.807) is 0 Å². The molecule has 66 heavy (non-hydrogen) atoms. The number of carboxylic acids is 1. The van der Waals surface area contributed by atoms with Crippen LogP contribution in [0.15, 0.2) is 12.2 Å². The largest absolute Gasteiger partial charge is 0.545 e. The maximum absolute atomic E-state index is 12.8. The Hall–Kier alpha value is -1.97. The molecule has 0 radical (unpaired) electrons. The van der Waals surface area contributed by atoms with Crippen LogP contribution in [0.1, 0.15) is 277 Å². The Labute approximate surface area is 408 Å². The predicted molar refractivity (Wildman–Crippen MR) is 274 cm³/mol. The lowest BCUT2D eigenvalue weighted by Gasteiger charge is -2.26. The molecule has 0 bridgehead atoms. The molecule has 0 rings (SSSR count). The van der Waals surface area contributed by atoms with Crippen molar-refractivity contribution in [1.82, 2.24) is 0 Å². The van der Waals surface area contributed by atoms with Crippen LogP contribution >= 0.6 is 0 Å². The lowest BCUT2D eigenvalue weighted by atomic mass is 10.0. The van der Waals surface area contributed by atoms with Crippen LogP contribution in [0.5, 0.6) is 0 Å². The topological polar surface area (TPSA) is 111 Å². The van der Waals surface area contributed by atoms with E-state index in [1.807, 2.05) is 21.1 Å². The Morgan fingerprint density at radius 2 is 0.773 bits per heavy atom. The van der Waals surface area contributed by atoms with Crippen molar-refractivity contribution >= 4 is 17.9 Å². The van der Waals surface area contributed by atoms with Gasteiger partial charge in [-0.2, -0.15) is 0 Å². The summed E-state index contributed by atoms with van der Waals surface area (Å²) in [4.78, 5) is 37.2. The van der Waals surface area contributed by atoms with Crippen molar-refractivity contribution in [3.63, 3.8) is 0 Å². The highest BCUT2D eigenvalue weighted by Crippen LogP contribution is 2.17. The fourth-order valence-electron chi connectivity index (χ4n) is 8.36. The molecule has 0 saturated heterocycles. The highest BCUT2D eigenvalue weighted by atomic mass is 16.7. The first-order chi connectivity index (χ1) is 32.1. The molecule has 0 aromatic rings. The molecular weight excluding hydrogens is 827 g/mol. The molecule has 0 aliphatic carbocycles. The van der Waals surface area contributed by atoms with Gasteiger partial charge in [-0.1, -0.05) is 238 Å². The number of esters is 2. The summed E-state index contributed by atoms with van der Waals surface area (Å²) >= 11 is 0. The first-order valence-corrected chi connectivity index (χ1v) is 28.3. The number of aliphatic carboxylic acids is 1. The molecule has 0 amide bonds. The van der Waals surface area contributed by atoms with Crippen LogP contribution < -0.4 is 5.11 Å². The molecule has 0 aromatic heterocycles. The first kappa shape index (κ1) is 64.0. The number of likely N-dealkylation sites (N-methyl/N-ethyl adjacent to an activating group) is 1. The van der Waals surface area contributed by atoms with Crippen LogP contribution in [-0.2, 0) is 33.3 Å². The van der Waals surface area contributed by atoms with Crippen LogP contribution in [0.3, 0.4) is 0 Å². The molecule has 0 aliphatic heterocycles. The van der Waals surface area contributed by atoms with Gasteiger partial charge in [0.1, 0.15) is 13.2 Å². The summed E-state index contributed by atoms with van der Waals surface area (Å²) < 4.78 is 22.7. The van der Waals surface area contributed by atoms with E-state index in [1.165, 1.54) is 199 Å². The third kappa shape index (κ3) is 49.9. The van der Waals surface area contributed by atoms with Crippen LogP contribution in [0.4, 0.5) is 0 Å². The first-order valence-electron chi connectivity index (χ1n) is 28.3. The molecule has 0 aromatic carbocycles. The van der Waals surface area contributed by atoms with Crippen molar-refractivity contribution in [2.24, 2.45) is 0 Å². The lowest BCUT2D eigenvalue weighted by molar-refractivity contribution is -0.870. The molecule has 0 aliphatic rings. The minimum absolute atomic E-state index is 0.150. The Morgan fingerprint density at radius 3 is 1.12 bits per heavy atom. The second-order valence-corrected chi connectivity index (χ2v) is 20.6. The summed E-state index contributed by atoms with van der Waals surface area (Å²) in [7, 11) is 5.93. The van der Waals surface area contributed by atoms with Crippen molar-refractivity contribution in [3.05, 3.63) is 12.2 Å². The lowest BCUT2D eigenvalue weighted by Crippen LogP contribution is -2.44. The van der Waals surface area contributed by atoms with Crippen molar-refractivity contribution in [1.29, 1.82) is 0 Å². The zero-order valence-electron chi connectivity index (χ0n) is 44.3. The molecule has 2 unspecified atom stereocenters. The van der Waals surface area contributed by atoms with Gasteiger partial charge in [-0.25, -0.2) is 0 Å². The van der Waals surface area contributed by atoms with Crippen molar-refractivity contribution in [2.45, 2.75) is 289 Å². The molecule has 390 valence electrons. The van der Waals surface area contributed by atoms with E-state index in [0.717, 1.165) is 44.9 Å². The number of hydrogen-bond donors (Lipinski definition) is 0. The zero-order chi connectivity index (χ0) is 48.4. The number of rotatable bonds is 53. The number of ether oxygens (including phenoxy) is 4. The molecule has 0 N–H and O–H groups in total. The van der Waals surface area contributed by atoms with Gasteiger partial charge in [0.25, 0.3) is 0 Å². The number of allylic oxidation sites excluding steroid dienone is 2. The standard InChI is InChI=1S/C57H109NO8/c1-6-8-10-12-14-16-18-20-22-24-26-27-28-29-30-32-33-35-37-39-41-43-45-47-54(59)64-51-53(52-65-57(56(61)62)63-50-49-58(3,4)5)66-55(60)48-46-44-42-40-38-36-34-31-25-23-21-19-17-15-13-11-9-7-2/h23,25,53,57H,6-22,24,26-52H2,1-5H3/b25-23-. The van der Waals surface area contributed by atoms with E-state index in [0.29, 0.717) is 23.9 Å². The molecular formula is C57H109NO8. The zero-order valence-corrected chi connectivity index (χ0v) is 44.3. The number of nitrogens with zero attached hydrogens (tertiary/aromatic N) is 1. The second kappa shape index (κ2) is 49.5. The average Bonchev–Trinajstić information content (AvgIpc) is 3.28. The number of carbonyl (C=O) groups excluding carboxylic acids is 3. The normalized spacial score (nSPS) is 12.8. The van der Waals surface area contributed by atoms with Crippen LogP contribution in [0, 0.1) is 0 Å². The summed E-state index contributed by atoms with van der Waals surface area (Å²) in [6, 6.07) is 0. The monoisotopic (exact) mass is 936 g/mol. The van der Waals surface area contributed by atoms with Crippen LogP contribution in [-0.4, -0.2) is 82.3 Å². The third-order valence-corrected chi connectivity index (χ3v) is 12.8. The Bertz CT molecular complexity index is 1090. The maximum Gasteiger partial charge on any atom is 0.306 e. The van der Waals surface area contributed by atoms with Gasteiger partial charge in [0.05, 0.1) is 40.3 Å². The van der Waals surface area contributed by atoms with Gasteiger partial charge in [0.2, 0.25) is 0 Å². The van der Waals surface area contributed by atoms with E-state index >= 15 is 0 Å². The quantitative estimate of drug-likeness (QED) is 0.0195. The summed E-state index contributed by atoms with van der Waals surface area (Å²) in [5.74, 6) is -2.27. The molecule has 9 heteroatoms. The molecule has 0 saturated carbocycles. The van der Waals surface area contributed by atoms with E-state index < -0.39 is 24.3 Å². The van der Waals surface area contributed by atoms with E-state index in [4.69, 9.17) is 18.9 Å². The highest BCUT2D eigenvalue weighted by molar-refractivity contribution is 5.70. The summed E-state index contributed by atoms with van der Waals surface area (Å²) in [5, 5.41) is 11.8. The minimum Gasteiger partial charge on any atom is -0.545 e. The molecule has 9 nitrogen and oxygen atoms in total. The van der Waals surface area contributed by atoms with Gasteiger partial charge in [0, 0.05) is 12.8 Å². The molecule has 2 atom stereocenters. The van der Waals surface area contributed by atoms with Gasteiger partial charge >= 0.3 is 11.9 Å². The van der Waals surface area contributed by atoms with Crippen molar-refractivity contribution in [3.8, 4) is 0 Å². The molecule has 0 heterocycles. The fourth-order valence-corrected chi connectivity index (χ4v) is 8.36. The Balaban J connectivity index is 4.22. The highest BCUT2D eigenvalue weighted by Gasteiger charge is 2.22. The van der Waals surface area contributed by atoms with Crippen LogP contribution in [0.25, 0.3) is 0 Å². The molecule has 0 spiro atoms. The Kier molecular flexibility index (Phi) is 48.0. The van der Waals surface area contributed by atoms with Crippen molar-refractivity contribution < 1.29 is 42.9 Å². The third-order valence-electron chi connectivity index (χ3n) is 12.8. The van der Waals surface area contributed by atoms with Gasteiger partial charge < -0.3 is 33.3 Å². The van der Waals surface area contributed by atoms with Gasteiger partial charge in [-0.05, 0) is 38.5 Å². The number of carbonyl (C=O) groups is 3. The van der Waals surface area contributed by atoms with E-state index in [9.17, 15) is 19.5 Å². The van der Waals surface area contributed by atoms with Crippen LogP contribution in [0.2, 0.25) is 0 Å². The number of quaternary nitrogens is 1. The minimum atomic E-state index is -1.62. The maximum atomic E-state index is 12.8. The fraction of sp³-hybridized carbons (Fsp3) is 0.912. The second-order valence-electron chi connectivity index (χ2n) is 20.6. The summed E-state index contributed by atoms with van der Waals surface area (Å²) in [5.41, 5.74) is 0. The smallest absolute Gasteiger partial charge is 0.306 e. The van der Waals surface area contributed by atoms with Gasteiger partial charge in [-0.3, -0.25) is 9.59 Å². The van der Waals surface area contributed by atoms with Crippen molar-refractivity contribution in [2.75, 3.05) is 47.5 Å².